The topological polar surface area (TPSA) is 36.0 Å². The molecular formula is C14H12FNOS. The van der Waals surface area contributed by atoms with E-state index in [1.54, 1.807) is 29.8 Å². The number of nitrogens with zero attached hydrogens (tertiary/aromatic N) is 1. The number of hydrogen-bond acceptors (Lipinski definition) is 2. The zero-order valence-corrected chi connectivity index (χ0v) is 10.4. The van der Waals surface area contributed by atoms with Crippen LogP contribution in [0.4, 0.5) is 4.39 Å². The molecule has 0 N–H and O–H groups in total. The fraction of sp³-hybridized carbons (Fsp3) is 0.0714. The van der Waals surface area contributed by atoms with E-state index in [1.165, 1.54) is 12.1 Å². The van der Waals surface area contributed by atoms with Crippen LogP contribution in [0, 0.1) is 5.82 Å². The minimum atomic E-state index is -1.12. The number of rotatable bonds is 4. The van der Waals surface area contributed by atoms with E-state index in [1.807, 2.05) is 18.2 Å². The predicted octanol–water partition coefficient (Wildman–Crippen LogP) is 3.14. The molecule has 92 valence electrons. The fourth-order valence-corrected chi connectivity index (χ4v) is 2.32. The van der Waals surface area contributed by atoms with E-state index in [9.17, 15) is 8.94 Å². The van der Waals surface area contributed by atoms with Crippen LogP contribution in [-0.2, 0) is 16.9 Å². The summed E-state index contributed by atoms with van der Waals surface area (Å²) < 4.78 is 24.5. The Kier molecular flexibility index (Phi) is 4.50. The van der Waals surface area contributed by atoms with Crippen molar-refractivity contribution < 1.29 is 8.94 Å². The Morgan fingerprint density at radius 2 is 1.94 bits per heavy atom. The number of pyridine rings is 1. The van der Waals surface area contributed by atoms with E-state index in [0.29, 0.717) is 5.75 Å². The molecule has 1 heterocycles. The highest BCUT2D eigenvalue weighted by Gasteiger charge is 2.04. The summed E-state index contributed by atoms with van der Waals surface area (Å²) >= 11 is -1.12. The minimum absolute atomic E-state index is 0.284. The van der Waals surface area contributed by atoms with Crippen LogP contribution in [0.2, 0.25) is 0 Å². The molecule has 0 radical (unpaired) electrons. The molecule has 0 bridgehead atoms. The normalized spacial score (nSPS) is 12.8. The SMILES string of the molecule is [O-][S+](C=Cc1ccccn1)Cc1ccc(F)cc1. The molecule has 18 heavy (non-hydrogen) atoms. The van der Waals surface area contributed by atoms with E-state index in [2.05, 4.69) is 4.98 Å². The first-order chi connectivity index (χ1) is 8.74. The van der Waals surface area contributed by atoms with E-state index in [-0.39, 0.29) is 5.82 Å². The summed E-state index contributed by atoms with van der Waals surface area (Å²) in [5.74, 6) is 0.0948. The molecule has 2 rings (SSSR count). The average Bonchev–Trinajstić information content (AvgIpc) is 2.40. The highest BCUT2D eigenvalue weighted by atomic mass is 32.2. The standard InChI is InChI=1S/C14H12FNOS/c15-13-6-4-12(5-7-13)11-18(17)10-8-14-3-1-2-9-16-14/h1-10H,11H2. The van der Waals surface area contributed by atoms with E-state index < -0.39 is 11.2 Å². The highest BCUT2D eigenvalue weighted by Crippen LogP contribution is 2.10. The zero-order chi connectivity index (χ0) is 12.8. The number of hydrogen-bond donors (Lipinski definition) is 0. The second kappa shape index (κ2) is 6.33. The van der Waals surface area contributed by atoms with Crippen LogP contribution in [-0.4, -0.2) is 9.54 Å². The van der Waals surface area contributed by atoms with Crippen molar-refractivity contribution in [2.45, 2.75) is 5.75 Å². The van der Waals surface area contributed by atoms with Gasteiger partial charge in [0.25, 0.3) is 0 Å². The Labute approximate surface area is 108 Å². The van der Waals surface area contributed by atoms with Crippen molar-refractivity contribution in [3.63, 3.8) is 0 Å². The van der Waals surface area contributed by atoms with Crippen molar-refractivity contribution in [1.29, 1.82) is 0 Å². The smallest absolute Gasteiger partial charge is 0.135 e. The van der Waals surface area contributed by atoms with E-state index >= 15 is 0 Å². The van der Waals surface area contributed by atoms with Gasteiger partial charge in [-0.15, -0.1) is 0 Å². The molecule has 2 aromatic rings. The van der Waals surface area contributed by atoms with Crippen LogP contribution in [0.1, 0.15) is 11.3 Å². The number of halogens is 1. The number of aromatic nitrogens is 1. The minimum Gasteiger partial charge on any atom is -0.612 e. The van der Waals surface area contributed by atoms with E-state index in [0.717, 1.165) is 11.3 Å². The quantitative estimate of drug-likeness (QED) is 0.793. The lowest BCUT2D eigenvalue weighted by atomic mass is 10.2. The summed E-state index contributed by atoms with van der Waals surface area (Å²) in [5.41, 5.74) is 1.62. The van der Waals surface area contributed by atoms with Crippen molar-refractivity contribution >= 4 is 17.3 Å². The Morgan fingerprint density at radius 3 is 2.61 bits per heavy atom. The van der Waals surface area contributed by atoms with Crippen LogP contribution in [0.3, 0.4) is 0 Å². The Bertz CT molecular complexity index is 513. The molecule has 1 unspecified atom stereocenters. The maximum atomic E-state index is 12.7. The third-order valence-corrected chi connectivity index (χ3v) is 3.36. The first kappa shape index (κ1) is 12.8. The Morgan fingerprint density at radius 1 is 1.17 bits per heavy atom. The molecule has 1 aromatic carbocycles. The van der Waals surface area contributed by atoms with Gasteiger partial charge in [0.2, 0.25) is 0 Å². The van der Waals surface area contributed by atoms with Gasteiger partial charge in [-0.05, 0) is 35.4 Å². The zero-order valence-electron chi connectivity index (χ0n) is 9.62. The van der Waals surface area contributed by atoms with Crippen LogP contribution in [0.5, 0.6) is 0 Å². The van der Waals surface area contributed by atoms with Crippen LogP contribution < -0.4 is 0 Å². The highest BCUT2D eigenvalue weighted by molar-refractivity contribution is 7.93. The Hall–Kier alpha value is -1.65. The maximum Gasteiger partial charge on any atom is 0.135 e. The van der Waals surface area contributed by atoms with Crippen LogP contribution in [0.15, 0.2) is 54.1 Å². The average molecular weight is 261 g/mol. The number of benzene rings is 1. The van der Waals surface area contributed by atoms with Crippen molar-refractivity contribution in [3.05, 3.63) is 71.1 Å². The second-order valence-corrected chi connectivity index (χ2v) is 5.03. The van der Waals surface area contributed by atoms with Gasteiger partial charge in [0.1, 0.15) is 17.0 Å². The summed E-state index contributed by atoms with van der Waals surface area (Å²) in [6.45, 7) is 0. The summed E-state index contributed by atoms with van der Waals surface area (Å²) in [4.78, 5) is 4.10. The van der Waals surface area contributed by atoms with Gasteiger partial charge in [-0.2, -0.15) is 0 Å². The lowest BCUT2D eigenvalue weighted by Crippen LogP contribution is -2.00. The molecule has 0 spiro atoms. The monoisotopic (exact) mass is 261 g/mol. The fourth-order valence-electron chi connectivity index (χ4n) is 1.41. The largest absolute Gasteiger partial charge is 0.612 e. The molecule has 0 saturated heterocycles. The van der Waals surface area contributed by atoms with Gasteiger partial charge in [-0.1, -0.05) is 18.2 Å². The van der Waals surface area contributed by atoms with Gasteiger partial charge in [-0.3, -0.25) is 4.98 Å². The van der Waals surface area contributed by atoms with Crippen molar-refractivity contribution in [2.24, 2.45) is 0 Å². The predicted molar refractivity (Wildman–Crippen MR) is 71.5 cm³/mol. The molecule has 1 aromatic heterocycles. The van der Waals surface area contributed by atoms with Crippen molar-refractivity contribution in [2.75, 3.05) is 0 Å². The van der Waals surface area contributed by atoms with Gasteiger partial charge in [0.05, 0.1) is 5.69 Å². The molecule has 0 aliphatic carbocycles. The Balaban J connectivity index is 1.94. The first-order valence-corrected chi connectivity index (χ1v) is 6.83. The van der Waals surface area contributed by atoms with E-state index in [4.69, 9.17) is 0 Å². The van der Waals surface area contributed by atoms with Gasteiger partial charge in [0.15, 0.2) is 0 Å². The first-order valence-electron chi connectivity index (χ1n) is 5.45. The maximum absolute atomic E-state index is 12.7. The molecule has 1 atom stereocenters. The van der Waals surface area contributed by atoms with Crippen LogP contribution >= 0.6 is 0 Å². The second-order valence-electron chi connectivity index (χ2n) is 3.71. The van der Waals surface area contributed by atoms with Crippen LogP contribution in [0.25, 0.3) is 6.08 Å². The molecule has 0 aliphatic rings. The van der Waals surface area contributed by atoms with Gasteiger partial charge in [0, 0.05) is 17.8 Å². The summed E-state index contributed by atoms with van der Waals surface area (Å²) in [5, 5.41) is 1.60. The summed E-state index contributed by atoms with van der Waals surface area (Å²) in [7, 11) is 0. The van der Waals surface area contributed by atoms with Gasteiger partial charge in [-0.25, -0.2) is 4.39 Å². The molecule has 2 nitrogen and oxygen atoms in total. The summed E-state index contributed by atoms with van der Waals surface area (Å²) in [6, 6.07) is 11.6. The molecule has 4 heteroatoms. The third kappa shape index (κ3) is 3.98. The third-order valence-electron chi connectivity index (χ3n) is 2.30. The van der Waals surface area contributed by atoms with Gasteiger partial charge < -0.3 is 4.55 Å². The molecular weight excluding hydrogens is 249 g/mol. The lowest BCUT2D eigenvalue weighted by molar-refractivity contribution is 0.602. The molecule has 0 aliphatic heterocycles. The van der Waals surface area contributed by atoms with Crippen molar-refractivity contribution in [1.82, 2.24) is 4.98 Å². The van der Waals surface area contributed by atoms with Gasteiger partial charge >= 0.3 is 0 Å². The molecule has 0 saturated carbocycles. The van der Waals surface area contributed by atoms with Crippen molar-refractivity contribution in [3.8, 4) is 0 Å². The lowest BCUT2D eigenvalue weighted by Gasteiger charge is -2.05. The molecule has 0 amide bonds. The molecule has 0 fully saturated rings. The summed E-state index contributed by atoms with van der Waals surface area (Å²) in [6.07, 6.45) is 3.40.